The Balaban J connectivity index is 1.49. The number of carbonyl (C=O) groups is 5. The second-order valence-electron chi connectivity index (χ2n) is 13.1. The lowest BCUT2D eigenvalue weighted by Gasteiger charge is -2.38. The second-order valence-corrected chi connectivity index (χ2v) is 13.1. The number of nitrogens with zero attached hydrogens (tertiary/aromatic N) is 5. The van der Waals surface area contributed by atoms with Gasteiger partial charge in [-0.05, 0) is 37.3 Å². The van der Waals surface area contributed by atoms with Crippen molar-refractivity contribution in [1.29, 1.82) is 0 Å². The van der Waals surface area contributed by atoms with Gasteiger partial charge in [0, 0.05) is 38.5 Å². The van der Waals surface area contributed by atoms with Crippen molar-refractivity contribution in [2.24, 2.45) is 5.92 Å². The second kappa shape index (κ2) is 15.6. The standard InChI is InChI=1S/C34H44N8O7/c1-20(2)15-25-33(47)40(4)21(3)31(45)38-24(16-22-9-6-5-7-10-22)32(46)37-23-11-14-49-27(30(23)44)18-41(19-29(43)36-25)34(48)26-17-28-35-12-8-13-42(28)39-26/h5-10,12-13,17,20-21,23-25,27,30,44H,11,14-16,18-19H2,1-4H3,(H,36,43)(H,37,46)(H,38,45)/t21-,23-,24-,25+,27+,30-/m0/s1. The van der Waals surface area contributed by atoms with Crippen molar-refractivity contribution in [3.8, 4) is 0 Å². The Kier molecular flexibility index (Phi) is 11.2. The Hall–Kier alpha value is -4.89. The molecule has 2 fully saturated rings. The van der Waals surface area contributed by atoms with Crippen LogP contribution in [0.1, 0.15) is 49.7 Å². The van der Waals surface area contributed by atoms with Crippen LogP contribution in [0.4, 0.5) is 0 Å². The number of aliphatic hydroxyl groups excluding tert-OH is 1. The van der Waals surface area contributed by atoms with Gasteiger partial charge in [0.05, 0.1) is 12.6 Å². The number of rotatable bonds is 5. The van der Waals surface area contributed by atoms with E-state index in [4.69, 9.17) is 4.74 Å². The van der Waals surface area contributed by atoms with Gasteiger partial charge < -0.3 is 35.6 Å². The lowest BCUT2D eigenvalue weighted by atomic mass is 9.97. The van der Waals surface area contributed by atoms with Gasteiger partial charge in [-0.2, -0.15) is 5.10 Å². The van der Waals surface area contributed by atoms with Crippen LogP contribution < -0.4 is 16.0 Å². The van der Waals surface area contributed by atoms with Gasteiger partial charge in [-0.25, -0.2) is 9.50 Å². The van der Waals surface area contributed by atoms with E-state index in [1.165, 1.54) is 27.4 Å². The van der Waals surface area contributed by atoms with Crippen molar-refractivity contribution in [3.63, 3.8) is 0 Å². The third-order valence-corrected chi connectivity index (χ3v) is 8.92. The summed E-state index contributed by atoms with van der Waals surface area (Å²) in [5, 5.41) is 24.2. The molecule has 2 aliphatic heterocycles. The molecule has 5 amide bonds. The average molecular weight is 677 g/mol. The van der Waals surface area contributed by atoms with E-state index in [0.29, 0.717) is 5.65 Å². The Bertz CT molecular complexity index is 1630. The van der Waals surface area contributed by atoms with Crippen molar-refractivity contribution >= 4 is 35.2 Å². The Labute approximate surface area is 284 Å². The smallest absolute Gasteiger partial charge is 0.275 e. The minimum absolute atomic E-state index is 0.00855. The molecular weight excluding hydrogens is 632 g/mol. The SMILES string of the molecule is CC(C)C[C@H]1NC(=O)CN(C(=O)c2cc3ncccn3n2)C[C@H]2OCC[C@H](NC(=O)[C@H](Cc3ccccc3)NC(=O)[C@H](C)N(C)C1=O)[C@@H]2O. The molecule has 2 bridgehead atoms. The van der Waals surface area contributed by atoms with Crippen molar-refractivity contribution in [1.82, 2.24) is 40.3 Å². The lowest BCUT2D eigenvalue weighted by molar-refractivity contribution is -0.142. The van der Waals surface area contributed by atoms with Gasteiger partial charge in [0.25, 0.3) is 5.91 Å². The molecule has 0 saturated carbocycles. The molecule has 15 nitrogen and oxygen atoms in total. The van der Waals surface area contributed by atoms with E-state index in [1.807, 2.05) is 44.2 Å². The Morgan fingerprint density at radius 1 is 1.04 bits per heavy atom. The molecule has 0 aliphatic carbocycles. The zero-order chi connectivity index (χ0) is 35.2. The first kappa shape index (κ1) is 35.4. The minimum atomic E-state index is -1.26. The van der Waals surface area contributed by atoms with Crippen LogP contribution in [0.3, 0.4) is 0 Å². The summed E-state index contributed by atoms with van der Waals surface area (Å²) in [6, 6.07) is 8.51. The normalized spacial score (nSPS) is 26.2. The number of nitrogens with one attached hydrogen (secondary N) is 3. The van der Waals surface area contributed by atoms with Crippen molar-refractivity contribution < 1.29 is 33.8 Å². The molecule has 3 aromatic rings. The van der Waals surface area contributed by atoms with Crippen molar-refractivity contribution in [3.05, 3.63) is 66.1 Å². The van der Waals surface area contributed by atoms with E-state index < -0.39 is 72.5 Å². The molecule has 5 rings (SSSR count). The van der Waals surface area contributed by atoms with Crippen LogP contribution in [0.2, 0.25) is 0 Å². The predicted molar refractivity (Wildman–Crippen MR) is 177 cm³/mol. The molecule has 2 aromatic heterocycles. The number of hydrogen-bond acceptors (Lipinski definition) is 9. The third-order valence-electron chi connectivity index (χ3n) is 8.92. The molecule has 49 heavy (non-hydrogen) atoms. The lowest BCUT2D eigenvalue weighted by Crippen LogP contribution is -2.60. The van der Waals surface area contributed by atoms with Crippen LogP contribution >= 0.6 is 0 Å². The molecule has 4 N–H and O–H groups in total. The highest BCUT2D eigenvalue weighted by Crippen LogP contribution is 2.19. The average Bonchev–Trinajstić information content (AvgIpc) is 3.52. The van der Waals surface area contributed by atoms with Crippen LogP contribution in [0.25, 0.3) is 5.65 Å². The number of fused-ring (bicyclic) bond motifs is 3. The predicted octanol–water partition coefficient (Wildman–Crippen LogP) is -0.0750. The van der Waals surface area contributed by atoms with Gasteiger partial charge in [0.2, 0.25) is 23.6 Å². The maximum absolute atomic E-state index is 13.9. The van der Waals surface area contributed by atoms with Gasteiger partial charge in [0.15, 0.2) is 11.3 Å². The van der Waals surface area contributed by atoms with Gasteiger partial charge >= 0.3 is 0 Å². The van der Waals surface area contributed by atoms with E-state index in [-0.39, 0.29) is 44.0 Å². The number of amides is 5. The summed E-state index contributed by atoms with van der Waals surface area (Å²) < 4.78 is 7.33. The highest BCUT2D eigenvalue weighted by Gasteiger charge is 2.39. The van der Waals surface area contributed by atoms with Crippen LogP contribution in [0.15, 0.2) is 54.9 Å². The molecule has 0 unspecified atom stereocenters. The first-order chi connectivity index (χ1) is 23.4. The van der Waals surface area contributed by atoms with Gasteiger partial charge in [-0.1, -0.05) is 44.2 Å². The molecule has 2 aliphatic rings. The molecule has 4 heterocycles. The largest absolute Gasteiger partial charge is 0.388 e. The number of ether oxygens (including phenoxy) is 1. The molecule has 262 valence electrons. The Morgan fingerprint density at radius 3 is 2.51 bits per heavy atom. The number of carbonyl (C=O) groups excluding carboxylic acids is 5. The van der Waals surface area contributed by atoms with Crippen molar-refractivity contribution in [2.75, 3.05) is 26.7 Å². The van der Waals surface area contributed by atoms with E-state index in [0.717, 1.165) is 5.56 Å². The minimum Gasteiger partial charge on any atom is -0.388 e. The molecule has 1 aromatic carbocycles. The van der Waals surface area contributed by atoms with Gasteiger partial charge in [-0.3, -0.25) is 24.0 Å². The topological polar surface area (TPSA) is 188 Å². The van der Waals surface area contributed by atoms with Gasteiger partial charge in [0.1, 0.15) is 36.9 Å². The number of aliphatic hydroxyl groups is 1. The van der Waals surface area contributed by atoms with E-state index in [1.54, 1.807) is 25.4 Å². The molecule has 15 heteroatoms. The summed E-state index contributed by atoms with van der Waals surface area (Å²) in [5.41, 5.74) is 1.24. The van der Waals surface area contributed by atoms with Crippen LogP contribution in [-0.2, 0) is 30.3 Å². The molecule has 2 saturated heterocycles. The van der Waals surface area contributed by atoms with Crippen molar-refractivity contribution in [2.45, 2.75) is 76.4 Å². The fourth-order valence-corrected chi connectivity index (χ4v) is 6.08. The highest BCUT2D eigenvalue weighted by atomic mass is 16.5. The monoisotopic (exact) mass is 676 g/mol. The van der Waals surface area contributed by atoms with Gasteiger partial charge in [-0.15, -0.1) is 0 Å². The van der Waals surface area contributed by atoms with E-state index >= 15 is 0 Å². The van der Waals surface area contributed by atoms with Crippen LogP contribution in [0.5, 0.6) is 0 Å². The van der Waals surface area contributed by atoms with E-state index in [9.17, 15) is 29.1 Å². The molecule has 0 radical (unpaired) electrons. The highest BCUT2D eigenvalue weighted by molar-refractivity contribution is 5.97. The zero-order valence-corrected chi connectivity index (χ0v) is 28.1. The zero-order valence-electron chi connectivity index (χ0n) is 28.1. The maximum Gasteiger partial charge on any atom is 0.275 e. The Morgan fingerprint density at radius 2 is 1.80 bits per heavy atom. The summed E-state index contributed by atoms with van der Waals surface area (Å²) >= 11 is 0. The number of aromatic nitrogens is 3. The molecular formula is C34H44N8O7. The quantitative estimate of drug-likeness (QED) is 0.287. The third kappa shape index (κ3) is 8.59. The van der Waals surface area contributed by atoms with Crippen LogP contribution in [-0.4, -0.2) is 122 Å². The number of benzene rings is 1. The summed E-state index contributed by atoms with van der Waals surface area (Å²) in [7, 11) is 1.47. The first-order valence-corrected chi connectivity index (χ1v) is 16.5. The summed E-state index contributed by atoms with van der Waals surface area (Å²) in [6.45, 7) is 4.80. The maximum atomic E-state index is 13.9. The molecule has 6 atom stereocenters. The summed E-state index contributed by atoms with van der Waals surface area (Å²) in [5.74, 6) is -2.83. The van der Waals surface area contributed by atoms with Crippen LogP contribution in [0, 0.1) is 5.92 Å². The van der Waals surface area contributed by atoms with E-state index in [2.05, 4.69) is 26.0 Å². The first-order valence-electron chi connectivity index (χ1n) is 16.5. The number of hydrogen-bond donors (Lipinski definition) is 4. The fourth-order valence-electron chi connectivity index (χ4n) is 6.08. The number of likely N-dealkylation sites (N-methyl/N-ethyl adjacent to an activating group) is 1. The fraction of sp³-hybridized carbons (Fsp3) is 0.500. The summed E-state index contributed by atoms with van der Waals surface area (Å²) in [6.07, 6.45) is 1.64. The summed E-state index contributed by atoms with van der Waals surface area (Å²) in [4.78, 5) is 75.3. The molecule has 0 spiro atoms.